The number of para-hydroxylation sites is 1. The van der Waals surface area contributed by atoms with E-state index in [1.54, 1.807) is 18.2 Å². The highest BCUT2D eigenvalue weighted by atomic mass is 35.5. The van der Waals surface area contributed by atoms with E-state index in [0.717, 1.165) is 0 Å². The number of nitrogens with two attached hydrogens (primary N) is 1. The zero-order valence-corrected chi connectivity index (χ0v) is 9.12. The maximum Gasteiger partial charge on any atom is 0.156 e. The first-order valence-corrected chi connectivity index (χ1v) is 4.28. The van der Waals surface area contributed by atoms with Crippen LogP contribution < -0.4 is 10.5 Å². The van der Waals surface area contributed by atoms with Gasteiger partial charge in [0.2, 0.25) is 0 Å². The molecule has 0 aliphatic carbocycles. The third-order valence-electron chi connectivity index (χ3n) is 1.28. The van der Waals surface area contributed by atoms with Crippen molar-refractivity contribution in [3.05, 3.63) is 28.2 Å². The molecule has 0 bridgehead atoms. The van der Waals surface area contributed by atoms with Crippen molar-refractivity contribution >= 4 is 35.6 Å². The van der Waals surface area contributed by atoms with Gasteiger partial charge in [0.1, 0.15) is 6.61 Å². The SMILES string of the molecule is Cl.NCCOc1c(Cl)cccc1Cl. The molecule has 2 nitrogen and oxygen atoms in total. The van der Waals surface area contributed by atoms with E-state index in [0.29, 0.717) is 28.9 Å². The van der Waals surface area contributed by atoms with Crippen LogP contribution in [0.15, 0.2) is 18.2 Å². The fraction of sp³-hybridized carbons (Fsp3) is 0.250. The quantitative estimate of drug-likeness (QED) is 0.884. The average molecular weight is 243 g/mol. The van der Waals surface area contributed by atoms with E-state index in [9.17, 15) is 0 Å². The highest BCUT2D eigenvalue weighted by Crippen LogP contribution is 2.31. The van der Waals surface area contributed by atoms with Crippen LogP contribution in [0, 0.1) is 0 Å². The third-order valence-corrected chi connectivity index (χ3v) is 1.88. The van der Waals surface area contributed by atoms with Gasteiger partial charge in [0.25, 0.3) is 0 Å². The summed E-state index contributed by atoms with van der Waals surface area (Å²) in [5, 5.41) is 1.02. The van der Waals surface area contributed by atoms with Crippen LogP contribution in [0.3, 0.4) is 0 Å². The van der Waals surface area contributed by atoms with E-state index in [2.05, 4.69) is 0 Å². The Labute approximate surface area is 93.4 Å². The van der Waals surface area contributed by atoms with E-state index in [4.69, 9.17) is 33.7 Å². The van der Waals surface area contributed by atoms with Gasteiger partial charge in [0.15, 0.2) is 5.75 Å². The molecule has 0 amide bonds. The van der Waals surface area contributed by atoms with Gasteiger partial charge in [-0.15, -0.1) is 12.4 Å². The Morgan fingerprint density at radius 2 is 1.77 bits per heavy atom. The second-order valence-electron chi connectivity index (χ2n) is 2.19. The number of ether oxygens (including phenoxy) is 1. The molecule has 0 fully saturated rings. The van der Waals surface area contributed by atoms with Crippen molar-refractivity contribution in [1.29, 1.82) is 0 Å². The van der Waals surface area contributed by atoms with Crippen LogP contribution in [0.5, 0.6) is 5.75 Å². The molecule has 0 radical (unpaired) electrons. The second-order valence-corrected chi connectivity index (χ2v) is 3.00. The molecule has 0 unspecified atom stereocenters. The molecule has 1 aromatic rings. The smallest absolute Gasteiger partial charge is 0.156 e. The van der Waals surface area contributed by atoms with Gasteiger partial charge in [0.05, 0.1) is 10.0 Å². The summed E-state index contributed by atoms with van der Waals surface area (Å²) >= 11 is 11.6. The Balaban J connectivity index is 0.00000144. The summed E-state index contributed by atoms with van der Waals surface area (Å²) in [6, 6.07) is 5.21. The van der Waals surface area contributed by atoms with Crippen molar-refractivity contribution in [2.24, 2.45) is 5.73 Å². The molecule has 0 spiro atoms. The van der Waals surface area contributed by atoms with Gasteiger partial charge >= 0.3 is 0 Å². The Hall–Kier alpha value is -0.150. The van der Waals surface area contributed by atoms with Gasteiger partial charge in [-0.05, 0) is 12.1 Å². The van der Waals surface area contributed by atoms with Crippen LogP contribution in [-0.4, -0.2) is 13.2 Å². The second kappa shape index (κ2) is 6.33. The Bertz CT molecular complexity index is 247. The standard InChI is InChI=1S/C8H9Cl2NO.ClH/c9-6-2-1-3-7(10)8(6)12-5-4-11;/h1-3H,4-5,11H2;1H. The Morgan fingerprint density at radius 3 is 2.23 bits per heavy atom. The van der Waals surface area contributed by atoms with Crippen LogP contribution in [0.1, 0.15) is 0 Å². The monoisotopic (exact) mass is 241 g/mol. The van der Waals surface area contributed by atoms with Crippen molar-refractivity contribution in [1.82, 2.24) is 0 Å². The summed E-state index contributed by atoms with van der Waals surface area (Å²) in [6.45, 7) is 0.866. The van der Waals surface area contributed by atoms with E-state index in [-0.39, 0.29) is 12.4 Å². The molecule has 0 heterocycles. The number of halogens is 3. The van der Waals surface area contributed by atoms with Crippen molar-refractivity contribution < 1.29 is 4.74 Å². The van der Waals surface area contributed by atoms with Crippen LogP contribution in [0.2, 0.25) is 10.0 Å². The van der Waals surface area contributed by atoms with Crippen LogP contribution in [-0.2, 0) is 0 Å². The predicted octanol–water partition coefficient (Wildman–Crippen LogP) is 2.75. The number of hydrogen-bond acceptors (Lipinski definition) is 2. The van der Waals surface area contributed by atoms with E-state index in [1.807, 2.05) is 0 Å². The highest BCUT2D eigenvalue weighted by Gasteiger charge is 2.04. The van der Waals surface area contributed by atoms with Gasteiger partial charge in [-0.1, -0.05) is 29.3 Å². The number of rotatable bonds is 3. The lowest BCUT2D eigenvalue weighted by molar-refractivity contribution is 0.328. The fourth-order valence-electron chi connectivity index (χ4n) is 0.781. The molecule has 0 aliphatic rings. The van der Waals surface area contributed by atoms with Crippen LogP contribution in [0.4, 0.5) is 0 Å². The van der Waals surface area contributed by atoms with E-state index < -0.39 is 0 Å². The first kappa shape index (κ1) is 12.8. The zero-order chi connectivity index (χ0) is 8.97. The van der Waals surface area contributed by atoms with E-state index in [1.165, 1.54) is 0 Å². The Kier molecular flexibility index (Phi) is 6.25. The first-order chi connectivity index (χ1) is 5.75. The third kappa shape index (κ3) is 3.61. The predicted molar refractivity (Wildman–Crippen MR) is 58.3 cm³/mol. The minimum atomic E-state index is 0. The molecule has 0 atom stereocenters. The summed E-state index contributed by atoms with van der Waals surface area (Å²) in [4.78, 5) is 0. The summed E-state index contributed by atoms with van der Waals surface area (Å²) in [5.41, 5.74) is 5.27. The molecule has 1 aromatic carbocycles. The molecule has 5 heteroatoms. The normalized spacial score (nSPS) is 9.15. The van der Waals surface area contributed by atoms with Crippen LogP contribution in [0.25, 0.3) is 0 Å². The van der Waals surface area contributed by atoms with Gasteiger partial charge in [-0.2, -0.15) is 0 Å². The molecule has 2 N–H and O–H groups in total. The van der Waals surface area contributed by atoms with Crippen molar-refractivity contribution in [3.63, 3.8) is 0 Å². The zero-order valence-electron chi connectivity index (χ0n) is 6.80. The number of hydrogen-bond donors (Lipinski definition) is 1. The summed E-state index contributed by atoms with van der Waals surface area (Å²) in [5.74, 6) is 0.506. The molecular weight excluding hydrogens is 232 g/mol. The van der Waals surface area contributed by atoms with Gasteiger partial charge in [-0.25, -0.2) is 0 Å². The lowest BCUT2D eigenvalue weighted by Gasteiger charge is -2.07. The highest BCUT2D eigenvalue weighted by molar-refractivity contribution is 6.37. The minimum Gasteiger partial charge on any atom is -0.489 e. The molecular formula is C8H10Cl3NO. The molecule has 0 aromatic heterocycles. The number of benzene rings is 1. The largest absolute Gasteiger partial charge is 0.489 e. The maximum absolute atomic E-state index is 5.81. The summed E-state index contributed by atoms with van der Waals surface area (Å²) in [7, 11) is 0. The van der Waals surface area contributed by atoms with Crippen LogP contribution >= 0.6 is 35.6 Å². The molecule has 0 saturated heterocycles. The average Bonchev–Trinajstić information content (AvgIpc) is 2.04. The summed E-state index contributed by atoms with van der Waals surface area (Å²) in [6.07, 6.45) is 0. The molecule has 0 saturated carbocycles. The van der Waals surface area contributed by atoms with Gasteiger partial charge in [-0.3, -0.25) is 0 Å². The fourth-order valence-corrected chi connectivity index (χ4v) is 1.29. The lowest BCUT2D eigenvalue weighted by atomic mass is 10.3. The van der Waals surface area contributed by atoms with Crippen molar-refractivity contribution in [2.45, 2.75) is 0 Å². The minimum absolute atomic E-state index is 0. The Morgan fingerprint density at radius 1 is 1.23 bits per heavy atom. The topological polar surface area (TPSA) is 35.2 Å². The first-order valence-electron chi connectivity index (χ1n) is 3.52. The molecule has 0 aliphatic heterocycles. The van der Waals surface area contributed by atoms with Gasteiger partial charge in [0, 0.05) is 6.54 Å². The molecule has 74 valence electrons. The molecule has 13 heavy (non-hydrogen) atoms. The lowest BCUT2D eigenvalue weighted by Crippen LogP contribution is -2.10. The van der Waals surface area contributed by atoms with Crippen molar-refractivity contribution in [3.8, 4) is 5.75 Å². The van der Waals surface area contributed by atoms with Crippen molar-refractivity contribution in [2.75, 3.05) is 13.2 Å². The molecule has 1 rings (SSSR count). The maximum atomic E-state index is 5.81. The van der Waals surface area contributed by atoms with Gasteiger partial charge < -0.3 is 10.5 Å². The summed E-state index contributed by atoms with van der Waals surface area (Å²) < 4.78 is 5.23. The van der Waals surface area contributed by atoms with E-state index >= 15 is 0 Å².